The van der Waals surface area contributed by atoms with E-state index in [1.807, 2.05) is 31.2 Å². The van der Waals surface area contributed by atoms with Crippen LogP contribution in [0.4, 0.5) is 0 Å². The van der Waals surface area contributed by atoms with Crippen LogP contribution < -0.4 is 0 Å². The SMILES string of the molecule is Cc1ccc(CS(=O)(=O)N2CCN(C(=O)CCc3nnc(C)o3)CC2)cc1. The second-order valence-electron chi connectivity index (χ2n) is 6.74. The van der Waals surface area contributed by atoms with Crippen LogP contribution in [0.2, 0.25) is 0 Å². The van der Waals surface area contributed by atoms with E-state index in [2.05, 4.69) is 10.2 Å². The lowest BCUT2D eigenvalue weighted by Crippen LogP contribution is -2.50. The molecule has 0 aliphatic carbocycles. The predicted octanol–water partition coefficient (Wildman–Crippen LogP) is 1.29. The second-order valence-corrected chi connectivity index (χ2v) is 8.71. The summed E-state index contributed by atoms with van der Waals surface area (Å²) in [6, 6.07) is 7.50. The number of piperazine rings is 1. The number of nitrogens with zero attached hydrogens (tertiary/aromatic N) is 4. The van der Waals surface area contributed by atoms with Crippen molar-refractivity contribution in [2.45, 2.75) is 32.4 Å². The van der Waals surface area contributed by atoms with Crippen LogP contribution >= 0.6 is 0 Å². The molecule has 2 aromatic rings. The zero-order valence-corrected chi connectivity index (χ0v) is 16.4. The van der Waals surface area contributed by atoms with Crippen molar-refractivity contribution in [3.8, 4) is 0 Å². The van der Waals surface area contributed by atoms with Gasteiger partial charge in [-0.1, -0.05) is 29.8 Å². The van der Waals surface area contributed by atoms with E-state index in [0.717, 1.165) is 11.1 Å². The summed E-state index contributed by atoms with van der Waals surface area (Å²) in [5.74, 6) is 0.879. The van der Waals surface area contributed by atoms with Gasteiger partial charge in [0.05, 0.1) is 5.75 Å². The molecule has 0 atom stereocenters. The minimum atomic E-state index is -3.39. The number of amides is 1. The van der Waals surface area contributed by atoms with E-state index in [4.69, 9.17) is 4.42 Å². The first-order valence-electron chi connectivity index (χ1n) is 8.93. The minimum absolute atomic E-state index is 0.0161. The summed E-state index contributed by atoms with van der Waals surface area (Å²) in [7, 11) is -3.39. The van der Waals surface area contributed by atoms with E-state index in [0.29, 0.717) is 44.4 Å². The van der Waals surface area contributed by atoms with Crippen LogP contribution in [0.15, 0.2) is 28.7 Å². The fourth-order valence-electron chi connectivity index (χ4n) is 3.01. The van der Waals surface area contributed by atoms with Crippen molar-refractivity contribution in [3.05, 3.63) is 47.2 Å². The zero-order valence-electron chi connectivity index (χ0n) is 15.6. The summed E-state index contributed by atoms with van der Waals surface area (Å²) in [5, 5.41) is 7.62. The summed E-state index contributed by atoms with van der Waals surface area (Å²) in [6.07, 6.45) is 0.670. The molecule has 1 aromatic heterocycles. The second kappa shape index (κ2) is 8.18. The number of rotatable bonds is 6. The average molecular weight is 392 g/mol. The normalized spacial score (nSPS) is 15.9. The molecule has 0 N–H and O–H groups in total. The molecule has 0 saturated carbocycles. The van der Waals surface area contributed by atoms with Crippen molar-refractivity contribution >= 4 is 15.9 Å². The van der Waals surface area contributed by atoms with Gasteiger partial charge in [-0.2, -0.15) is 4.31 Å². The van der Waals surface area contributed by atoms with Gasteiger partial charge in [0, 0.05) is 45.9 Å². The molecular formula is C18H24N4O4S. The van der Waals surface area contributed by atoms with Gasteiger partial charge in [0.1, 0.15) is 0 Å². The molecule has 146 valence electrons. The highest BCUT2D eigenvalue weighted by atomic mass is 32.2. The summed E-state index contributed by atoms with van der Waals surface area (Å²) in [4.78, 5) is 14.0. The van der Waals surface area contributed by atoms with E-state index in [1.165, 1.54) is 4.31 Å². The number of hydrogen-bond donors (Lipinski definition) is 0. The van der Waals surface area contributed by atoms with Crippen molar-refractivity contribution in [1.29, 1.82) is 0 Å². The molecule has 1 aromatic carbocycles. The van der Waals surface area contributed by atoms with Crippen molar-refractivity contribution in [3.63, 3.8) is 0 Å². The molecule has 1 aliphatic rings. The zero-order chi connectivity index (χ0) is 19.4. The minimum Gasteiger partial charge on any atom is -0.426 e. The number of aromatic nitrogens is 2. The maximum Gasteiger partial charge on any atom is 0.223 e. The van der Waals surface area contributed by atoms with Gasteiger partial charge < -0.3 is 9.32 Å². The standard InChI is InChI=1S/C18H24N4O4S/c1-14-3-5-16(6-4-14)13-27(24,25)22-11-9-21(10-12-22)18(23)8-7-17-20-19-15(2)26-17/h3-6H,7-13H2,1-2H3. The average Bonchev–Trinajstić information content (AvgIpc) is 3.07. The van der Waals surface area contributed by atoms with Crippen molar-refractivity contribution in [2.24, 2.45) is 0 Å². The summed E-state index contributed by atoms with van der Waals surface area (Å²) in [5.41, 5.74) is 1.87. The van der Waals surface area contributed by atoms with Crippen LogP contribution in [0.25, 0.3) is 0 Å². The van der Waals surface area contributed by atoms with Crippen LogP contribution in [-0.2, 0) is 27.0 Å². The molecule has 1 aliphatic heterocycles. The highest BCUT2D eigenvalue weighted by Crippen LogP contribution is 2.15. The number of benzene rings is 1. The maximum absolute atomic E-state index is 12.6. The topological polar surface area (TPSA) is 96.6 Å². The first kappa shape index (κ1) is 19.5. The van der Waals surface area contributed by atoms with Gasteiger partial charge in [-0.05, 0) is 12.5 Å². The molecule has 3 rings (SSSR count). The van der Waals surface area contributed by atoms with Gasteiger partial charge in [-0.15, -0.1) is 10.2 Å². The van der Waals surface area contributed by atoms with Crippen LogP contribution in [0.3, 0.4) is 0 Å². The third-order valence-electron chi connectivity index (χ3n) is 4.58. The molecular weight excluding hydrogens is 368 g/mol. The molecule has 0 unspecified atom stereocenters. The van der Waals surface area contributed by atoms with Gasteiger partial charge in [-0.3, -0.25) is 4.79 Å². The van der Waals surface area contributed by atoms with E-state index in [-0.39, 0.29) is 18.1 Å². The van der Waals surface area contributed by atoms with E-state index < -0.39 is 10.0 Å². The van der Waals surface area contributed by atoms with Crippen molar-refractivity contribution in [1.82, 2.24) is 19.4 Å². The molecule has 0 radical (unpaired) electrons. The number of hydrogen-bond acceptors (Lipinski definition) is 6. The third kappa shape index (κ3) is 5.14. The van der Waals surface area contributed by atoms with Gasteiger partial charge in [-0.25, -0.2) is 8.42 Å². The largest absolute Gasteiger partial charge is 0.426 e. The highest BCUT2D eigenvalue weighted by Gasteiger charge is 2.28. The molecule has 1 saturated heterocycles. The summed E-state index contributed by atoms with van der Waals surface area (Å²) < 4.78 is 32.0. The Kier molecular flexibility index (Phi) is 5.91. The molecule has 27 heavy (non-hydrogen) atoms. The van der Waals surface area contributed by atoms with Crippen LogP contribution in [0, 0.1) is 13.8 Å². The lowest BCUT2D eigenvalue weighted by atomic mass is 10.2. The van der Waals surface area contributed by atoms with E-state index in [1.54, 1.807) is 11.8 Å². The highest BCUT2D eigenvalue weighted by molar-refractivity contribution is 7.88. The third-order valence-corrected chi connectivity index (χ3v) is 6.43. The summed E-state index contributed by atoms with van der Waals surface area (Å²) >= 11 is 0. The molecule has 0 spiro atoms. The molecule has 0 bridgehead atoms. The molecule has 1 amide bonds. The monoisotopic (exact) mass is 392 g/mol. The van der Waals surface area contributed by atoms with Gasteiger partial charge >= 0.3 is 0 Å². The fraction of sp³-hybridized carbons (Fsp3) is 0.500. The number of aryl methyl sites for hydroxylation is 3. The Bertz CT molecular complexity index is 884. The predicted molar refractivity (Wildman–Crippen MR) is 99.3 cm³/mol. The van der Waals surface area contributed by atoms with Gasteiger partial charge in [0.2, 0.25) is 27.7 Å². The van der Waals surface area contributed by atoms with Crippen LogP contribution in [0.1, 0.15) is 29.3 Å². The Morgan fingerprint density at radius 3 is 2.33 bits per heavy atom. The quantitative estimate of drug-likeness (QED) is 0.735. The Hall–Kier alpha value is -2.26. The summed E-state index contributed by atoms with van der Waals surface area (Å²) in [6.45, 7) is 5.10. The lowest BCUT2D eigenvalue weighted by Gasteiger charge is -2.34. The Morgan fingerprint density at radius 1 is 1.07 bits per heavy atom. The molecule has 1 fully saturated rings. The van der Waals surface area contributed by atoms with Crippen molar-refractivity contribution < 1.29 is 17.6 Å². The number of sulfonamides is 1. The van der Waals surface area contributed by atoms with E-state index in [9.17, 15) is 13.2 Å². The van der Waals surface area contributed by atoms with Crippen molar-refractivity contribution in [2.75, 3.05) is 26.2 Å². The Labute approximate surface area is 159 Å². The van der Waals surface area contributed by atoms with Crippen LogP contribution in [0.5, 0.6) is 0 Å². The first-order valence-corrected chi connectivity index (χ1v) is 10.5. The Balaban J connectivity index is 1.49. The smallest absolute Gasteiger partial charge is 0.223 e. The van der Waals surface area contributed by atoms with E-state index >= 15 is 0 Å². The first-order chi connectivity index (χ1) is 12.8. The molecule has 8 nitrogen and oxygen atoms in total. The maximum atomic E-state index is 12.6. The van der Waals surface area contributed by atoms with Gasteiger partial charge in [0.25, 0.3) is 0 Å². The fourth-order valence-corrected chi connectivity index (χ4v) is 4.53. The molecule has 2 heterocycles. The van der Waals surface area contributed by atoms with Gasteiger partial charge in [0.15, 0.2) is 0 Å². The number of carbonyl (C=O) groups is 1. The molecule has 9 heteroatoms. The van der Waals surface area contributed by atoms with Crippen LogP contribution in [-0.4, -0.2) is 59.9 Å². The number of carbonyl (C=O) groups excluding carboxylic acids is 1. The Morgan fingerprint density at radius 2 is 1.74 bits per heavy atom. The lowest BCUT2D eigenvalue weighted by molar-refractivity contribution is -0.132.